The molecule has 0 atom stereocenters. The van der Waals surface area contributed by atoms with E-state index in [1.807, 2.05) is 18.5 Å². The van der Waals surface area contributed by atoms with Crippen LogP contribution >= 0.6 is 15.9 Å². The zero-order valence-electron chi connectivity index (χ0n) is 14.9. The third-order valence-electron chi connectivity index (χ3n) is 3.78. The number of aryl methyl sites for hydroxylation is 2. The molecular weight excluding hydrogens is 388 g/mol. The molecular formula is C17H23BrN4O3. The van der Waals surface area contributed by atoms with Gasteiger partial charge >= 0.3 is 6.03 Å². The summed E-state index contributed by atoms with van der Waals surface area (Å²) >= 11 is 3.51. The van der Waals surface area contributed by atoms with E-state index in [0.29, 0.717) is 23.7 Å². The van der Waals surface area contributed by atoms with Crippen LogP contribution in [0.1, 0.15) is 17.8 Å². The van der Waals surface area contributed by atoms with Crippen molar-refractivity contribution in [3.05, 3.63) is 34.1 Å². The predicted molar refractivity (Wildman–Crippen MR) is 101 cm³/mol. The van der Waals surface area contributed by atoms with Crippen LogP contribution in [0.3, 0.4) is 0 Å². The molecule has 136 valence electrons. The molecule has 0 bridgehead atoms. The first-order valence-electron chi connectivity index (χ1n) is 7.92. The molecule has 0 aliphatic carbocycles. The van der Waals surface area contributed by atoms with Gasteiger partial charge in [-0.1, -0.05) is 0 Å². The Balaban J connectivity index is 1.84. The maximum atomic E-state index is 12.1. The zero-order valence-corrected chi connectivity index (χ0v) is 16.4. The Labute approximate surface area is 155 Å². The van der Waals surface area contributed by atoms with Gasteiger partial charge in [0, 0.05) is 24.8 Å². The molecule has 1 aromatic heterocycles. The molecule has 0 saturated carbocycles. The lowest BCUT2D eigenvalue weighted by Gasteiger charge is -2.12. The Hall–Kier alpha value is -2.22. The van der Waals surface area contributed by atoms with Gasteiger partial charge in [-0.3, -0.25) is 4.68 Å². The molecule has 1 aromatic carbocycles. The quantitative estimate of drug-likeness (QED) is 0.684. The van der Waals surface area contributed by atoms with Crippen LogP contribution in [0.15, 0.2) is 22.7 Å². The summed E-state index contributed by atoms with van der Waals surface area (Å²) in [7, 11) is 3.13. The van der Waals surface area contributed by atoms with E-state index in [9.17, 15) is 4.79 Å². The Kier molecular flexibility index (Phi) is 6.69. The Morgan fingerprint density at radius 3 is 2.64 bits per heavy atom. The summed E-state index contributed by atoms with van der Waals surface area (Å²) < 4.78 is 13.4. The number of hydrogen-bond donors (Lipinski definition) is 2. The fourth-order valence-corrected chi connectivity index (χ4v) is 2.69. The highest BCUT2D eigenvalue weighted by molar-refractivity contribution is 9.10. The summed E-state index contributed by atoms with van der Waals surface area (Å²) in [4.78, 5) is 12.1. The summed E-state index contributed by atoms with van der Waals surface area (Å²) in [6.45, 7) is 5.25. The van der Waals surface area contributed by atoms with Crippen molar-refractivity contribution >= 4 is 27.6 Å². The Morgan fingerprint density at radius 1 is 1.28 bits per heavy atom. The molecule has 0 fully saturated rings. The molecule has 0 radical (unpaired) electrons. The number of hydrogen-bond acceptors (Lipinski definition) is 4. The fourth-order valence-electron chi connectivity index (χ4n) is 2.40. The number of carbonyl (C=O) groups is 1. The summed E-state index contributed by atoms with van der Waals surface area (Å²) in [5, 5.41) is 10.1. The second-order valence-electron chi connectivity index (χ2n) is 5.51. The second kappa shape index (κ2) is 8.75. The fraction of sp³-hybridized carbons (Fsp3) is 0.412. The topological polar surface area (TPSA) is 77.4 Å². The molecule has 0 aliphatic rings. The number of halogens is 1. The largest absolute Gasteiger partial charge is 0.497 e. The van der Waals surface area contributed by atoms with Crippen LogP contribution in [-0.4, -0.2) is 36.6 Å². The van der Waals surface area contributed by atoms with Crippen LogP contribution in [0, 0.1) is 13.8 Å². The lowest BCUT2D eigenvalue weighted by atomic mass is 10.2. The van der Waals surface area contributed by atoms with Crippen molar-refractivity contribution in [3.8, 4) is 11.5 Å². The molecule has 2 rings (SSSR count). The minimum absolute atomic E-state index is 0.291. The monoisotopic (exact) mass is 410 g/mol. The minimum Gasteiger partial charge on any atom is -0.497 e. The van der Waals surface area contributed by atoms with Crippen LogP contribution < -0.4 is 20.1 Å². The summed E-state index contributed by atoms with van der Waals surface area (Å²) in [5.74, 6) is 1.22. The smallest absolute Gasteiger partial charge is 0.319 e. The summed E-state index contributed by atoms with van der Waals surface area (Å²) in [5.41, 5.74) is 2.61. The average Bonchev–Trinajstić information content (AvgIpc) is 2.85. The van der Waals surface area contributed by atoms with Crippen LogP contribution in [-0.2, 0) is 6.54 Å². The molecule has 8 heteroatoms. The van der Waals surface area contributed by atoms with Gasteiger partial charge in [-0.25, -0.2) is 4.79 Å². The van der Waals surface area contributed by atoms with Gasteiger partial charge in [0.25, 0.3) is 0 Å². The van der Waals surface area contributed by atoms with Gasteiger partial charge in [-0.15, -0.1) is 0 Å². The van der Waals surface area contributed by atoms with Gasteiger partial charge < -0.3 is 20.1 Å². The molecule has 0 spiro atoms. The number of ether oxygens (including phenoxy) is 2. The highest BCUT2D eigenvalue weighted by atomic mass is 79.9. The molecule has 2 N–H and O–H groups in total. The first-order valence-corrected chi connectivity index (χ1v) is 8.72. The van der Waals surface area contributed by atoms with E-state index in [2.05, 4.69) is 31.7 Å². The molecule has 25 heavy (non-hydrogen) atoms. The number of aromatic nitrogens is 2. The van der Waals surface area contributed by atoms with E-state index in [1.165, 1.54) is 0 Å². The lowest BCUT2D eigenvalue weighted by molar-refractivity contribution is 0.251. The van der Waals surface area contributed by atoms with Gasteiger partial charge in [0.1, 0.15) is 11.5 Å². The molecule has 2 amide bonds. The second-order valence-corrected chi connectivity index (χ2v) is 6.30. The molecule has 0 saturated heterocycles. The van der Waals surface area contributed by atoms with Crippen LogP contribution in [0.5, 0.6) is 11.5 Å². The van der Waals surface area contributed by atoms with Crippen molar-refractivity contribution in [2.45, 2.75) is 26.8 Å². The number of anilines is 1. The van der Waals surface area contributed by atoms with Crippen molar-refractivity contribution in [1.29, 1.82) is 0 Å². The highest BCUT2D eigenvalue weighted by Gasteiger charge is 2.10. The molecule has 0 aliphatic heterocycles. The van der Waals surface area contributed by atoms with Gasteiger partial charge in [0.2, 0.25) is 0 Å². The number of urea groups is 1. The van der Waals surface area contributed by atoms with E-state index >= 15 is 0 Å². The number of carbonyl (C=O) groups excluding carboxylic acids is 1. The Morgan fingerprint density at radius 2 is 2.04 bits per heavy atom. The summed E-state index contributed by atoms with van der Waals surface area (Å²) in [6, 6.07) is 4.94. The van der Waals surface area contributed by atoms with Crippen LogP contribution in [0.25, 0.3) is 0 Å². The SMILES string of the molecule is COc1ccc(OC)c(NC(=O)NCCCn2nc(C)c(Br)c2C)c1. The van der Waals surface area contributed by atoms with Crippen LogP contribution in [0.4, 0.5) is 10.5 Å². The van der Waals surface area contributed by atoms with Crippen LogP contribution in [0.2, 0.25) is 0 Å². The molecule has 1 heterocycles. The van der Waals surface area contributed by atoms with Crippen molar-refractivity contribution < 1.29 is 14.3 Å². The maximum absolute atomic E-state index is 12.1. The van der Waals surface area contributed by atoms with Gasteiger partial charge in [-0.05, 0) is 48.3 Å². The first-order chi connectivity index (χ1) is 12.0. The number of benzene rings is 1. The molecule has 2 aromatic rings. The lowest BCUT2D eigenvalue weighted by Crippen LogP contribution is -2.30. The third-order valence-corrected chi connectivity index (χ3v) is 4.93. The van der Waals surface area contributed by atoms with E-state index in [-0.39, 0.29) is 6.03 Å². The van der Waals surface area contributed by atoms with E-state index < -0.39 is 0 Å². The molecule has 7 nitrogen and oxygen atoms in total. The minimum atomic E-state index is -0.291. The predicted octanol–water partition coefficient (Wildman–Crippen LogP) is 3.49. The molecule has 0 unspecified atom stereocenters. The van der Waals surface area contributed by atoms with Crippen molar-refractivity contribution in [2.75, 3.05) is 26.1 Å². The van der Waals surface area contributed by atoms with Gasteiger partial charge in [0.15, 0.2) is 0 Å². The van der Waals surface area contributed by atoms with Gasteiger partial charge in [-0.2, -0.15) is 5.10 Å². The van der Waals surface area contributed by atoms with Crippen molar-refractivity contribution in [1.82, 2.24) is 15.1 Å². The zero-order chi connectivity index (χ0) is 18.4. The van der Waals surface area contributed by atoms with Crippen molar-refractivity contribution in [2.24, 2.45) is 0 Å². The Bertz CT molecular complexity index is 746. The number of methoxy groups -OCH3 is 2. The summed E-state index contributed by atoms with van der Waals surface area (Å²) in [6.07, 6.45) is 0.775. The number of nitrogens with zero attached hydrogens (tertiary/aromatic N) is 2. The number of rotatable bonds is 7. The normalized spacial score (nSPS) is 10.4. The highest BCUT2D eigenvalue weighted by Crippen LogP contribution is 2.28. The average molecular weight is 411 g/mol. The van der Waals surface area contributed by atoms with Gasteiger partial charge in [0.05, 0.1) is 30.1 Å². The van der Waals surface area contributed by atoms with E-state index in [1.54, 1.807) is 32.4 Å². The van der Waals surface area contributed by atoms with E-state index in [0.717, 1.165) is 28.8 Å². The number of amides is 2. The standard InChI is InChI=1S/C17H23BrN4O3/c1-11-16(18)12(2)22(21-11)9-5-8-19-17(23)20-14-10-13(24-3)6-7-15(14)25-4/h6-7,10H,5,8-9H2,1-4H3,(H2,19,20,23). The number of nitrogens with one attached hydrogen (secondary N) is 2. The third kappa shape index (κ3) is 4.88. The van der Waals surface area contributed by atoms with E-state index in [4.69, 9.17) is 9.47 Å². The maximum Gasteiger partial charge on any atom is 0.319 e. The first kappa shape index (κ1) is 19.1. The van der Waals surface area contributed by atoms with Crippen molar-refractivity contribution in [3.63, 3.8) is 0 Å².